The molecule has 0 amide bonds. The second-order valence-corrected chi connectivity index (χ2v) is 15.4. The van der Waals surface area contributed by atoms with Crippen molar-refractivity contribution in [3.8, 4) is 33.4 Å². The van der Waals surface area contributed by atoms with E-state index in [-0.39, 0.29) is 0 Å². The quantitative estimate of drug-likeness (QED) is 0.167. The fourth-order valence-corrected chi connectivity index (χ4v) is 10.4. The molecule has 0 aliphatic heterocycles. The molecule has 0 aliphatic rings. The molecule has 0 radical (unpaired) electrons. The maximum absolute atomic E-state index is 6.68. The summed E-state index contributed by atoms with van der Waals surface area (Å²) < 4.78 is 9.27. The van der Waals surface area contributed by atoms with E-state index in [0.717, 1.165) is 16.6 Å². The fourth-order valence-electron chi connectivity index (χ4n) is 9.13. The molecule has 0 saturated carbocycles. The molecule has 0 saturated heterocycles. The highest BCUT2D eigenvalue weighted by atomic mass is 32.1. The van der Waals surface area contributed by atoms with E-state index in [4.69, 9.17) is 4.42 Å². The van der Waals surface area contributed by atoms with Gasteiger partial charge in [0.05, 0.1) is 0 Å². The molecule has 250 valence electrons. The number of furan rings is 1. The lowest BCUT2D eigenvalue weighted by Crippen LogP contribution is -1.92. The van der Waals surface area contributed by atoms with Crippen LogP contribution < -0.4 is 0 Å². The summed E-state index contributed by atoms with van der Waals surface area (Å²) in [7, 11) is 0. The number of rotatable bonds is 3. The van der Waals surface area contributed by atoms with Gasteiger partial charge in [0.25, 0.3) is 0 Å². The van der Waals surface area contributed by atoms with Crippen LogP contribution in [0.1, 0.15) is 0 Å². The standard InChI is InChI=1S/C52H30OS/c1-2-14-31(15-3-1)48-36-20-8-10-22-38(36)49(39-23-11-9-21-37(39)48)40-26-27-41(35-19-7-6-18-34(35)40)51-50-42-24-12-13-25-45(42)53-46(50)30-44-43-28-32-16-4-5-17-33(32)29-47(43)54-52(44)51/h1-30H. The number of thiophene rings is 1. The van der Waals surface area contributed by atoms with E-state index in [2.05, 4.69) is 182 Å². The van der Waals surface area contributed by atoms with Crippen LogP contribution in [-0.4, -0.2) is 0 Å². The third kappa shape index (κ3) is 4.20. The summed E-state index contributed by atoms with van der Waals surface area (Å²) in [5.41, 5.74) is 9.34. The zero-order chi connectivity index (χ0) is 35.3. The molecule has 0 unspecified atom stereocenters. The molecule has 0 atom stereocenters. The minimum absolute atomic E-state index is 0.915. The third-order valence-corrected chi connectivity index (χ3v) is 12.6. The largest absolute Gasteiger partial charge is 0.456 e. The second kappa shape index (κ2) is 11.4. The first-order valence-electron chi connectivity index (χ1n) is 18.5. The van der Waals surface area contributed by atoms with E-state index in [9.17, 15) is 0 Å². The Hall–Kier alpha value is -6.74. The lowest BCUT2D eigenvalue weighted by molar-refractivity contribution is 0.669. The van der Waals surface area contributed by atoms with Gasteiger partial charge < -0.3 is 4.42 Å². The van der Waals surface area contributed by atoms with Gasteiger partial charge in [-0.05, 0) is 95.2 Å². The summed E-state index contributed by atoms with van der Waals surface area (Å²) in [6.45, 7) is 0. The highest BCUT2D eigenvalue weighted by Gasteiger charge is 2.23. The highest BCUT2D eigenvalue weighted by molar-refractivity contribution is 7.26. The molecule has 1 nitrogen and oxygen atoms in total. The third-order valence-electron chi connectivity index (χ3n) is 11.4. The van der Waals surface area contributed by atoms with Crippen molar-refractivity contribution in [1.29, 1.82) is 0 Å². The van der Waals surface area contributed by atoms with Crippen molar-refractivity contribution < 1.29 is 4.42 Å². The van der Waals surface area contributed by atoms with Crippen LogP contribution in [0.25, 0.3) is 119 Å². The van der Waals surface area contributed by atoms with E-state index in [1.807, 2.05) is 11.3 Å². The van der Waals surface area contributed by atoms with Crippen molar-refractivity contribution in [2.75, 3.05) is 0 Å². The first kappa shape index (κ1) is 29.8. The predicted octanol–water partition coefficient (Wildman–Crippen LogP) is 15.6. The van der Waals surface area contributed by atoms with Gasteiger partial charge in [0.15, 0.2) is 0 Å². The van der Waals surface area contributed by atoms with Crippen LogP contribution in [0.15, 0.2) is 186 Å². The van der Waals surface area contributed by atoms with Gasteiger partial charge in [0.1, 0.15) is 11.2 Å². The first-order valence-corrected chi connectivity index (χ1v) is 19.3. The molecular weight excluding hydrogens is 673 g/mol. The van der Waals surface area contributed by atoms with Crippen LogP contribution in [0.5, 0.6) is 0 Å². The Morgan fingerprint density at radius 2 is 0.852 bits per heavy atom. The lowest BCUT2D eigenvalue weighted by atomic mass is 9.83. The van der Waals surface area contributed by atoms with Gasteiger partial charge in [-0.1, -0.05) is 158 Å². The summed E-state index contributed by atoms with van der Waals surface area (Å²) in [5, 5.41) is 14.9. The molecular formula is C52H30OS. The Balaban J connectivity index is 1.21. The Bertz CT molecular complexity index is 3440. The van der Waals surface area contributed by atoms with Gasteiger partial charge in [-0.15, -0.1) is 11.3 Å². The van der Waals surface area contributed by atoms with E-state index in [1.54, 1.807) is 0 Å². The van der Waals surface area contributed by atoms with Crippen molar-refractivity contribution >= 4 is 96.5 Å². The summed E-state index contributed by atoms with van der Waals surface area (Å²) in [5.74, 6) is 0. The van der Waals surface area contributed by atoms with Crippen molar-refractivity contribution in [2.24, 2.45) is 0 Å². The van der Waals surface area contributed by atoms with Gasteiger partial charge in [0, 0.05) is 36.5 Å². The Labute approximate surface area is 314 Å². The monoisotopic (exact) mass is 702 g/mol. The van der Waals surface area contributed by atoms with Crippen molar-refractivity contribution in [3.63, 3.8) is 0 Å². The summed E-state index contributed by atoms with van der Waals surface area (Å²) >= 11 is 1.90. The van der Waals surface area contributed by atoms with Crippen LogP contribution in [0.2, 0.25) is 0 Å². The molecule has 2 heteroatoms. The molecule has 0 fully saturated rings. The van der Waals surface area contributed by atoms with Crippen molar-refractivity contribution in [3.05, 3.63) is 182 Å². The van der Waals surface area contributed by atoms with Crippen LogP contribution in [0, 0.1) is 0 Å². The summed E-state index contributed by atoms with van der Waals surface area (Å²) in [6.07, 6.45) is 0. The zero-order valence-electron chi connectivity index (χ0n) is 29.1. The molecule has 2 heterocycles. The highest BCUT2D eigenvalue weighted by Crippen LogP contribution is 2.51. The van der Waals surface area contributed by atoms with Gasteiger partial charge in [0.2, 0.25) is 0 Å². The molecule has 2 aromatic heterocycles. The molecule has 12 rings (SSSR count). The number of fused-ring (bicyclic) bond motifs is 10. The molecule has 0 spiro atoms. The minimum Gasteiger partial charge on any atom is -0.456 e. The lowest BCUT2D eigenvalue weighted by Gasteiger charge is -2.20. The average Bonchev–Trinajstić information content (AvgIpc) is 3.78. The predicted molar refractivity (Wildman–Crippen MR) is 233 cm³/mol. The Morgan fingerprint density at radius 3 is 1.52 bits per heavy atom. The second-order valence-electron chi connectivity index (χ2n) is 14.3. The van der Waals surface area contributed by atoms with Gasteiger partial charge in [-0.2, -0.15) is 0 Å². The van der Waals surface area contributed by atoms with Gasteiger partial charge in [-0.25, -0.2) is 0 Å². The Morgan fingerprint density at radius 1 is 0.333 bits per heavy atom. The van der Waals surface area contributed by atoms with Gasteiger partial charge >= 0.3 is 0 Å². The van der Waals surface area contributed by atoms with Crippen LogP contribution in [-0.2, 0) is 0 Å². The zero-order valence-corrected chi connectivity index (χ0v) is 30.0. The number of benzene rings is 10. The van der Waals surface area contributed by atoms with E-state index in [1.165, 1.54) is 102 Å². The SMILES string of the molecule is c1ccc(-c2c3ccccc3c(-c3ccc(-c4c5sc6cc7ccccc7cc6c5cc5oc6ccccc6c45)c4ccccc34)c3ccccc23)cc1. The van der Waals surface area contributed by atoms with E-state index >= 15 is 0 Å². The number of hydrogen-bond acceptors (Lipinski definition) is 2. The molecule has 54 heavy (non-hydrogen) atoms. The van der Waals surface area contributed by atoms with Crippen LogP contribution >= 0.6 is 11.3 Å². The topological polar surface area (TPSA) is 13.1 Å². The molecule has 10 aromatic carbocycles. The average molecular weight is 703 g/mol. The minimum atomic E-state index is 0.915. The molecule has 0 bridgehead atoms. The fraction of sp³-hybridized carbons (Fsp3) is 0. The Kier molecular flexibility index (Phi) is 6.28. The van der Waals surface area contributed by atoms with Crippen molar-refractivity contribution in [1.82, 2.24) is 0 Å². The summed E-state index contributed by atoms with van der Waals surface area (Å²) in [6, 6.07) is 66.6. The smallest absolute Gasteiger partial charge is 0.136 e. The van der Waals surface area contributed by atoms with E-state index in [0.29, 0.717) is 0 Å². The first-order chi connectivity index (χ1) is 26.8. The maximum Gasteiger partial charge on any atom is 0.136 e. The molecule has 0 aliphatic carbocycles. The molecule has 0 N–H and O–H groups in total. The molecule has 12 aromatic rings. The van der Waals surface area contributed by atoms with Gasteiger partial charge in [-0.3, -0.25) is 0 Å². The normalized spacial score (nSPS) is 12.1. The summed E-state index contributed by atoms with van der Waals surface area (Å²) in [4.78, 5) is 0. The van der Waals surface area contributed by atoms with Crippen molar-refractivity contribution in [2.45, 2.75) is 0 Å². The van der Waals surface area contributed by atoms with Crippen LogP contribution in [0.4, 0.5) is 0 Å². The van der Waals surface area contributed by atoms with Crippen LogP contribution in [0.3, 0.4) is 0 Å². The number of para-hydroxylation sites is 1. The number of hydrogen-bond donors (Lipinski definition) is 0. The maximum atomic E-state index is 6.68. The van der Waals surface area contributed by atoms with E-state index < -0.39 is 0 Å².